The fraction of sp³-hybridized carbons (Fsp3) is 0.320. The van der Waals surface area contributed by atoms with Gasteiger partial charge in [-0.25, -0.2) is 4.98 Å². The predicted molar refractivity (Wildman–Crippen MR) is 135 cm³/mol. The van der Waals surface area contributed by atoms with Crippen LogP contribution in [0.1, 0.15) is 39.9 Å². The summed E-state index contributed by atoms with van der Waals surface area (Å²) in [6, 6.07) is 8.03. The van der Waals surface area contributed by atoms with E-state index in [0.29, 0.717) is 6.61 Å². The first kappa shape index (κ1) is 28.7. The SMILES string of the molecule is C.C=CCC.CCOC1=CCC(Cc2nc3ccccc3[nH]2)=CC=C1CO.Cl/C=C\Cl. The van der Waals surface area contributed by atoms with E-state index in [0.717, 1.165) is 47.5 Å². The molecule has 0 atom stereocenters. The van der Waals surface area contributed by atoms with Crippen molar-refractivity contribution in [1.82, 2.24) is 9.97 Å². The van der Waals surface area contributed by atoms with Crippen LogP contribution in [-0.4, -0.2) is 28.3 Å². The smallest absolute Gasteiger partial charge is 0.121 e. The molecular formula is C25H34Cl2N2O2. The number of aromatic amines is 1. The van der Waals surface area contributed by atoms with E-state index in [2.05, 4.69) is 29.5 Å². The van der Waals surface area contributed by atoms with Crippen LogP contribution >= 0.6 is 23.2 Å². The van der Waals surface area contributed by atoms with Crippen LogP contribution < -0.4 is 0 Å². The summed E-state index contributed by atoms with van der Waals surface area (Å²) in [6.45, 7) is 8.08. The Kier molecular flexibility index (Phi) is 16.1. The Morgan fingerprint density at radius 1 is 1.19 bits per heavy atom. The third kappa shape index (κ3) is 10.5. The van der Waals surface area contributed by atoms with Crippen molar-refractivity contribution in [2.24, 2.45) is 0 Å². The summed E-state index contributed by atoms with van der Waals surface area (Å²) < 4.78 is 5.59. The molecule has 6 heteroatoms. The number of nitrogens with zero attached hydrogens (tertiary/aromatic N) is 1. The van der Waals surface area contributed by atoms with Crippen molar-refractivity contribution >= 4 is 34.2 Å². The molecule has 3 rings (SSSR count). The number of H-pyrrole nitrogens is 1. The van der Waals surface area contributed by atoms with Crippen LogP contribution in [-0.2, 0) is 11.2 Å². The number of hydrogen-bond acceptors (Lipinski definition) is 3. The Labute approximate surface area is 196 Å². The van der Waals surface area contributed by atoms with Crippen molar-refractivity contribution in [3.05, 3.63) is 88.9 Å². The van der Waals surface area contributed by atoms with Gasteiger partial charge in [-0.05, 0) is 38.0 Å². The van der Waals surface area contributed by atoms with Crippen molar-refractivity contribution in [2.45, 2.75) is 40.5 Å². The highest BCUT2D eigenvalue weighted by Gasteiger charge is 2.11. The monoisotopic (exact) mass is 464 g/mol. The molecule has 0 radical (unpaired) electrons. The van der Waals surface area contributed by atoms with Gasteiger partial charge in [0.1, 0.15) is 11.6 Å². The minimum absolute atomic E-state index is 0. The van der Waals surface area contributed by atoms with Crippen LogP contribution in [0.15, 0.2) is 83.1 Å². The molecule has 1 heterocycles. The quantitative estimate of drug-likeness (QED) is 0.436. The van der Waals surface area contributed by atoms with Crippen molar-refractivity contribution in [2.75, 3.05) is 13.2 Å². The molecule has 2 aromatic rings. The van der Waals surface area contributed by atoms with Crippen molar-refractivity contribution < 1.29 is 9.84 Å². The van der Waals surface area contributed by atoms with E-state index in [9.17, 15) is 5.11 Å². The van der Waals surface area contributed by atoms with Gasteiger partial charge >= 0.3 is 0 Å². The van der Waals surface area contributed by atoms with E-state index >= 15 is 0 Å². The number of aliphatic hydroxyl groups is 1. The number of para-hydroxylation sites is 2. The van der Waals surface area contributed by atoms with Gasteiger partial charge in [0.05, 0.1) is 24.2 Å². The molecule has 170 valence electrons. The maximum atomic E-state index is 9.45. The maximum absolute atomic E-state index is 9.45. The Morgan fingerprint density at radius 2 is 1.87 bits per heavy atom. The topological polar surface area (TPSA) is 58.1 Å². The lowest BCUT2D eigenvalue weighted by Crippen LogP contribution is -1.99. The second-order valence-corrected chi connectivity index (χ2v) is 6.71. The molecule has 0 unspecified atom stereocenters. The van der Waals surface area contributed by atoms with Crippen LogP contribution in [0.3, 0.4) is 0 Å². The summed E-state index contributed by atoms with van der Waals surface area (Å²) in [7, 11) is 0. The van der Waals surface area contributed by atoms with Gasteiger partial charge in [0.2, 0.25) is 0 Å². The van der Waals surface area contributed by atoms with E-state index < -0.39 is 0 Å². The standard InChI is InChI=1S/C18H20N2O2.C4H8.C2H2Cl2.CH4/c1-2-22-17-10-8-13(7-9-14(17)12-21)11-18-19-15-5-3-4-6-16(15)20-18;1-3-4-2;3-1-2-4;/h3-7,9-10,21H,2,8,11-12H2,1H3,(H,19,20);3H,1,4H2,2H3;1-2H;1H4/b;;2-1-;. The first-order valence-electron chi connectivity index (χ1n) is 9.86. The molecule has 0 fully saturated rings. The molecule has 2 N–H and O–H groups in total. The fourth-order valence-corrected chi connectivity index (χ4v) is 2.60. The minimum atomic E-state index is -0.0136. The number of imidazole rings is 1. The van der Waals surface area contributed by atoms with Gasteiger partial charge < -0.3 is 14.8 Å². The van der Waals surface area contributed by atoms with Crippen LogP contribution in [0.25, 0.3) is 11.0 Å². The normalized spacial score (nSPS) is 12.7. The molecule has 0 saturated carbocycles. The molecule has 1 aromatic heterocycles. The van der Waals surface area contributed by atoms with Crippen molar-refractivity contribution in [3.63, 3.8) is 0 Å². The first-order valence-corrected chi connectivity index (χ1v) is 10.7. The number of aromatic nitrogens is 2. The van der Waals surface area contributed by atoms with E-state index in [1.54, 1.807) is 0 Å². The summed E-state index contributed by atoms with van der Waals surface area (Å²) in [4.78, 5) is 7.96. The summed E-state index contributed by atoms with van der Waals surface area (Å²) in [5.74, 6) is 1.74. The zero-order valence-corrected chi connectivity index (χ0v) is 19.1. The van der Waals surface area contributed by atoms with E-state index in [4.69, 9.17) is 27.9 Å². The lowest BCUT2D eigenvalue weighted by atomic mass is 10.1. The summed E-state index contributed by atoms with van der Waals surface area (Å²) in [6.07, 6.45) is 10.5. The van der Waals surface area contributed by atoms with Gasteiger partial charge in [0.25, 0.3) is 0 Å². The Bertz CT molecular complexity index is 859. The van der Waals surface area contributed by atoms with Gasteiger partial charge in [-0.2, -0.15) is 0 Å². The lowest BCUT2D eigenvalue weighted by Gasteiger charge is -2.09. The number of allylic oxidation sites excluding steroid dienone is 5. The van der Waals surface area contributed by atoms with E-state index in [-0.39, 0.29) is 14.0 Å². The third-order valence-electron chi connectivity index (χ3n) is 4.03. The number of fused-ring (bicyclic) bond motifs is 1. The largest absolute Gasteiger partial charge is 0.494 e. The molecule has 0 bridgehead atoms. The second kappa shape index (κ2) is 17.4. The summed E-state index contributed by atoms with van der Waals surface area (Å²) in [5, 5.41) is 9.45. The number of benzene rings is 1. The molecule has 1 aromatic carbocycles. The van der Waals surface area contributed by atoms with E-state index in [1.165, 1.54) is 16.6 Å². The number of rotatable bonds is 6. The highest BCUT2D eigenvalue weighted by Crippen LogP contribution is 2.22. The van der Waals surface area contributed by atoms with Crippen molar-refractivity contribution in [1.29, 1.82) is 0 Å². The second-order valence-electron chi connectivity index (χ2n) is 6.21. The number of aliphatic hydroxyl groups excluding tert-OH is 1. The molecule has 1 aliphatic carbocycles. The highest BCUT2D eigenvalue weighted by molar-refractivity contribution is 6.33. The third-order valence-corrected chi connectivity index (χ3v) is 4.41. The number of halogens is 2. The van der Waals surface area contributed by atoms with E-state index in [1.807, 2.05) is 49.4 Å². The predicted octanol–water partition coefficient (Wildman–Crippen LogP) is 7.43. The zero-order chi connectivity index (χ0) is 22.2. The zero-order valence-electron chi connectivity index (χ0n) is 17.6. The van der Waals surface area contributed by atoms with Crippen LogP contribution in [0.5, 0.6) is 0 Å². The molecule has 0 saturated heterocycles. The Morgan fingerprint density at radius 3 is 2.42 bits per heavy atom. The molecule has 1 aliphatic rings. The van der Waals surface area contributed by atoms with Crippen LogP contribution in [0.4, 0.5) is 0 Å². The molecular weight excluding hydrogens is 431 g/mol. The molecule has 4 nitrogen and oxygen atoms in total. The number of ether oxygens (including phenoxy) is 1. The minimum Gasteiger partial charge on any atom is -0.494 e. The molecule has 0 amide bonds. The highest BCUT2D eigenvalue weighted by atomic mass is 35.5. The summed E-state index contributed by atoms with van der Waals surface area (Å²) in [5.41, 5.74) is 6.58. The Balaban J connectivity index is 0.000000867. The van der Waals surface area contributed by atoms with Crippen molar-refractivity contribution in [3.8, 4) is 0 Å². The average molecular weight is 465 g/mol. The van der Waals surface area contributed by atoms with Crippen LogP contribution in [0.2, 0.25) is 0 Å². The van der Waals surface area contributed by atoms with Gasteiger partial charge in [0.15, 0.2) is 0 Å². The first-order chi connectivity index (χ1) is 14.6. The van der Waals surface area contributed by atoms with Gasteiger partial charge in [-0.15, -0.1) is 6.58 Å². The van der Waals surface area contributed by atoms with Gasteiger partial charge in [-0.1, -0.05) is 73.5 Å². The van der Waals surface area contributed by atoms with Gasteiger partial charge in [-0.3, -0.25) is 0 Å². The Hall–Kier alpha value is -2.27. The summed E-state index contributed by atoms with van der Waals surface area (Å²) >= 11 is 9.75. The molecule has 31 heavy (non-hydrogen) atoms. The van der Waals surface area contributed by atoms with Gasteiger partial charge in [0, 0.05) is 23.1 Å². The maximum Gasteiger partial charge on any atom is 0.121 e. The fourth-order valence-electron chi connectivity index (χ4n) is 2.60. The van der Waals surface area contributed by atoms with Crippen LogP contribution in [0, 0.1) is 0 Å². The number of nitrogens with one attached hydrogen (secondary N) is 1. The number of hydrogen-bond donors (Lipinski definition) is 2. The molecule has 0 spiro atoms. The molecule has 0 aliphatic heterocycles. The average Bonchev–Trinajstić information content (AvgIpc) is 3.09. The lowest BCUT2D eigenvalue weighted by molar-refractivity contribution is 0.224.